The zero-order valence-corrected chi connectivity index (χ0v) is 8.50. The van der Waals surface area contributed by atoms with Gasteiger partial charge in [0.25, 0.3) is 0 Å². The van der Waals surface area contributed by atoms with Gasteiger partial charge in [0, 0.05) is 18.1 Å². The highest BCUT2D eigenvalue weighted by Gasteiger charge is 1.97. The van der Waals surface area contributed by atoms with E-state index in [2.05, 4.69) is 11.1 Å². The summed E-state index contributed by atoms with van der Waals surface area (Å²) in [6.45, 7) is 0. The first-order valence-corrected chi connectivity index (χ1v) is 4.55. The van der Waals surface area contributed by atoms with Crippen LogP contribution in [0.25, 0.3) is 0 Å². The molecule has 1 radical (unpaired) electrons. The molecule has 2 aromatic rings. The second-order valence-corrected chi connectivity index (χ2v) is 2.87. The monoisotopic (exact) mass is 215 g/mol. The summed E-state index contributed by atoms with van der Waals surface area (Å²) in [5, 5.41) is 8.36. The van der Waals surface area contributed by atoms with Crippen LogP contribution in [0.1, 0.15) is 10.4 Å². The molecule has 0 saturated carbocycles. The van der Waals surface area contributed by atoms with E-state index in [-0.39, 0.29) is 5.56 Å². The molecule has 4 heteroatoms. The standard InChI is InChI=1S/C6H5NO2.C6H6N/c8-6(9)5-1-3-7-4-2-5;7-6-4-2-1-3-5-6/h1-4H,(H,8,9);2-5H,7H2. The fourth-order valence-electron chi connectivity index (χ4n) is 0.894. The smallest absolute Gasteiger partial charge is 0.335 e. The maximum atomic E-state index is 10.2. The Morgan fingerprint density at radius 1 is 1.19 bits per heavy atom. The Balaban J connectivity index is 0.000000165. The van der Waals surface area contributed by atoms with Crippen LogP contribution in [0.4, 0.5) is 5.69 Å². The van der Waals surface area contributed by atoms with Crippen molar-refractivity contribution in [2.45, 2.75) is 0 Å². The van der Waals surface area contributed by atoms with Crippen LogP contribution in [0.5, 0.6) is 0 Å². The fraction of sp³-hybridized carbons (Fsp3) is 0. The lowest BCUT2D eigenvalue weighted by atomic mass is 10.3. The minimum absolute atomic E-state index is 0.269. The highest BCUT2D eigenvalue weighted by molar-refractivity contribution is 5.87. The summed E-state index contributed by atoms with van der Waals surface area (Å²) in [7, 11) is 0. The van der Waals surface area contributed by atoms with Gasteiger partial charge in [-0.1, -0.05) is 12.1 Å². The molecular formula is C12H11N2O2. The highest BCUT2D eigenvalue weighted by atomic mass is 16.4. The molecule has 4 nitrogen and oxygen atoms in total. The van der Waals surface area contributed by atoms with Crippen LogP contribution in [0, 0.1) is 6.07 Å². The molecule has 1 aromatic heterocycles. The third-order valence-electron chi connectivity index (χ3n) is 1.67. The van der Waals surface area contributed by atoms with E-state index >= 15 is 0 Å². The van der Waals surface area contributed by atoms with Crippen molar-refractivity contribution in [3.63, 3.8) is 0 Å². The molecule has 81 valence electrons. The van der Waals surface area contributed by atoms with Crippen molar-refractivity contribution in [1.82, 2.24) is 4.98 Å². The van der Waals surface area contributed by atoms with Crippen molar-refractivity contribution in [2.75, 3.05) is 5.73 Å². The molecule has 0 saturated heterocycles. The number of aromatic carboxylic acids is 1. The van der Waals surface area contributed by atoms with Crippen molar-refractivity contribution < 1.29 is 9.90 Å². The van der Waals surface area contributed by atoms with Crippen molar-refractivity contribution in [2.24, 2.45) is 0 Å². The lowest BCUT2D eigenvalue weighted by molar-refractivity contribution is 0.0697. The maximum absolute atomic E-state index is 10.2. The SMILES string of the molecule is Nc1cc[c]cc1.O=C(O)c1ccncc1. The molecule has 1 heterocycles. The van der Waals surface area contributed by atoms with Crippen LogP contribution in [0.3, 0.4) is 0 Å². The summed E-state index contributed by atoms with van der Waals surface area (Å²) in [5.41, 5.74) is 6.40. The molecule has 0 aliphatic rings. The number of rotatable bonds is 1. The molecule has 0 unspecified atom stereocenters. The molecular weight excluding hydrogens is 204 g/mol. The number of pyridine rings is 1. The van der Waals surface area contributed by atoms with E-state index in [4.69, 9.17) is 10.8 Å². The van der Waals surface area contributed by atoms with E-state index in [1.165, 1.54) is 24.5 Å². The predicted octanol–water partition coefficient (Wildman–Crippen LogP) is 1.85. The Morgan fingerprint density at radius 2 is 1.75 bits per heavy atom. The summed E-state index contributed by atoms with van der Waals surface area (Å²) in [5.74, 6) is -0.919. The lowest BCUT2D eigenvalue weighted by Crippen LogP contribution is -1.94. The normalized spacial score (nSPS) is 8.75. The van der Waals surface area contributed by atoms with E-state index in [1.807, 2.05) is 0 Å². The molecule has 16 heavy (non-hydrogen) atoms. The van der Waals surface area contributed by atoms with Gasteiger partial charge in [-0.2, -0.15) is 0 Å². The minimum atomic E-state index is -0.919. The number of carboxylic acid groups (broad SMARTS) is 1. The van der Waals surface area contributed by atoms with Gasteiger partial charge < -0.3 is 10.8 Å². The molecule has 0 amide bonds. The fourth-order valence-corrected chi connectivity index (χ4v) is 0.894. The maximum Gasteiger partial charge on any atom is 0.335 e. The number of hydrogen-bond acceptors (Lipinski definition) is 3. The third kappa shape index (κ3) is 4.23. The Morgan fingerprint density at radius 3 is 2.06 bits per heavy atom. The average Bonchev–Trinajstić information content (AvgIpc) is 2.32. The first kappa shape index (κ1) is 11.7. The number of nitrogens with zero attached hydrogens (tertiary/aromatic N) is 1. The Bertz CT molecular complexity index is 429. The highest BCUT2D eigenvalue weighted by Crippen LogP contribution is 1.95. The molecule has 0 spiro atoms. The van der Waals surface area contributed by atoms with Crippen molar-refractivity contribution in [1.29, 1.82) is 0 Å². The lowest BCUT2D eigenvalue weighted by Gasteiger charge is -1.87. The quantitative estimate of drug-likeness (QED) is 0.712. The molecule has 0 aliphatic carbocycles. The minimum Gasteiger partial charge on any atom is -0.478 e. The topological polar surface area (TPSA) is 76.2 Å². The van der Waals surface area contributed by atoms with E-state index in [1.54, 1.807) is 24.3 Å². The van der Waals surface area contributed by atoms with Crippen LogP contribution < -0.4 is 5.73 Å². The van der Waals surface area contributed by atoms with Gasteiger partial charge in [-0.3, -0.25) is 4.98 Å². The number of carboxylic acids is 1. The summed E-state index contributed by atoms with van der Waals surface area (Å²) in [4.78, 5) is 13.8. The Labute approximate surface area is 93.4 Å². The molecule has 1 aromatic carbocycles. The van der Waals surface area contributed by atoms with E-state index in [9.17, 15) is 4.79 Å². The van der Waals surface area contributed by atoms with Gasteiger partial charge in [0.15, 0.2) is 0 Å². The molecule has 0 aliphatic heterocycles. The van der Waals surface area contributed by atoms with Gasteiger partial charge in [0.1, 0.15) is 0 Å². The molecule has 3 N–H and O–H groups in total. The van der Waals surface area contributed by atoms with E-state index < -0.39 is 5.97 Å². The molecule has 2 rings (SSSR count). The summed E-state index contributed by atoms with van der Waals surface area (Å²) in [6.07, 6.45) is 2.90. The molecule has 0 bridgehead atoms. The van der Waals surface area contributed by atoms with Gasteiger partial charge in [-0.05, 0) is 30.3 Å². The number of anilines is 1. The van der Waals surface area contributed by atoms with Gasteiger partial charge in [-0.15, -0.1) is 0 Å². The predicted molar refractivity (Wildman–Crippen MR) is 60.9 cm³/mol. The van der Waals surface area contributed by atoms with E-state index in [0.29, 0.717) is 0 Å². The summed E-state index contributed by atoms with van der Waals surface area (Å²) < 4.78 is 0. The van der Waals surface area contributed by atoms with Crippen LogP contribution in [-0.4, -0.2) is 16.1 Å². The number of benzene rings is 1. The van der Waals surface area contributed by atoms with Crippen LogP contribution in [0.15, 0.2) is 48.8 Å². The van der Waals surface area contributed by atoms with Gasteiger partial charge in [0.2, 0.25) is 0 Å². The zero-order chi connectivity index (χ0) is 11.8. The largest absolute Gasteiger partial charge is 0.478 e. The van der Waals surface area contributed by atoms with Gasteiger partial charge in [-0.25, -0.2) is 4.79 Å². The van der Waals surface area contributed by atoms with Gasteiger partial charge >= 0.3 is 5.97 Å². The van der Waals surface area contributed by atoms with Crippen LogP contribution in [-0.2, 0) is 0 Å². The Kier molecular flexibility index (Phi) is 4.53. The van der Waals surface area contributed by atoms with Crippen molar-refractivity contribution in [3.05, 3.63) is 60.4 Å². The molecule has 0 fully saturated rings. The van der Waals surface area contributed by atoms with Crippen LogP contribution >= 0.6 is 0 Å². The number of carbonyl (C=O) groups is 1. The van der Waals surface area contributed by atoms with Crippen molar-refractivity contribution in [3.8, 4) is 0 Å². The number of hydrogen-bond donors (Lipinski definition) is 2. The average molecular weight is 215 g/mol. The van der Waals surface area contributed by atoms with Crippen LogP contribution in [0.2, 0.25) is 0 Å². The first-order valence-electron chi connectivity index (χ1n) is 4.55. The zero-order valence-electron chi connectivity index (χ0n) is 8.50. The summed E-state index contributed by atoms with van der Waals surface area (Å²) in [6, 6.07) is 12.9. The molecule has 0 atom stereocenters. The third-order valence-corrected chi connectivity index (χ3v) is 1.67. The first-order chi connectivity index (χ1) is 7.70. The number of aromatic nitrogens is 1. The second kappa shape index (κ2) is 6.19. The van der Waals surface area contributed by atoms with Gasteiger partial charge in [0.05, 0.1) is 5.56 Å². The Hall–Kier alpha value is -2.36. The number of nitrogen functional groups attached to an aromatic ring is 1. The van der Waals surface area contributed by atoms with E-state index in [0.717, 1.165) is 5.69 Å². The second-order valence-electron chi connectivity index (χ2n) is 2.87. The number of nitrogens with two attached hydrogens (primary N) is 1. The summed E-state index contributed by atoms with van der Waals surface area (Å²) >= 11 is 0. The van der Waals surface area contributed by atoms with Crippen molar-refractivity contribution >= 4 is 11.7 Å².